The number of hydrogen-bond acceptors (Lipinski definition) is 4. The van der Waals surface area contributed by atoms with E-state index in [9.17, 15) is 10.2 Å². The molecule has 1 unspecified atom stereocenters. The predicted molar refractivity (Wildman–Crippen MR) is 73.8 cm³/mol. The molecule has 19 heavy (non-hydrogen) atoms. The highest BCUT2D eigenvalue weighted by molar-refractivity contribution is 9.10. The minimum Gasteiger partial charge on any atom is -0.508 e. The number of methoxy groups -OCH3 is 1. The maximum absolute atomic E-state index is 9.81. The van der Waals surface area contributed by atoms with E-state index in [1.807, 2.05) is 13.0 Å². The zero-order chi connectivity index (χ0) is 14.0. The van der Waals surface area contributed by atoms with Crippen LogP contribution in [0.5, 0.6) is 5.75 Å². The quantitative estimate of drug-likeness (QED) is 0.846. The van der Waals surface area contributed by atoms with Crippen LogP contribution in [0, 0.1) is 6.92 Å². The van der Waals surface area contributed by atoms with Gasteiger partial charge in [0.1, 0.15) is 5.75 Å². The van der Waals surface area contributed by atoms with E-state index < -0.39 is 6.29 Å². The zero-order valence-electron chi connectivity index (χ0n) is 10.7. The highest BCUT2D eigenvalue weighted by atomic mass is 79.9. The smallest absolute Gasteiger partial charge is 0.184 e. The number of hydrogen-bond donors (Lipinski definition) is 2. The van der Waals surface area contributed by atoms with Crippen LogP contribution < -0.4 is 0 Å². The summed E-state index contributed by atoms with van der Waals surface area (Å²) in [5.41, 5.74) is 2.17. The largest absolute Gasteiger partial charge is 0.508 e. The lowest BCUT2D eigenvalue weighted by Crippen LogP contribution is -2.06. The predicted octanol–water partition coefficient (Wildman–Crippen LogP) is 2.35. The summed E-state index contributed by atoms with van der Waals surface area (Å²) >= 11 is 3.37. The molecular weight excluding hydrogens is 312 g/mol. The molecule has 2 aromatic rings. The van der Waals surface area contributed by atoms with Crippen LogP contribution in [0.25, 0.3) is 0 Å². The van der Waals surface area contributed by atoms with Gasteiger partial charge in [0.2, 0.25) is 0 Å². The van der Waals surface area contributed by atoms with E-state index in [-0.39, 0.29) is 5.75 Å². The zero-order valence-corrected chi connectivity index (χ0v) is 12.3. The highest BCUT2D eigenvalue weighted by Crippen LogP contribution is 2.24. The van der Waals surface area contributed by atoms with E-state index in [0.29, 0.717) is 12.1 Å². The molecule has 0 aliphatic heterocycles. The number of nitrogens with zero attached hydrogens (tertiary/aromatic N) is 2. The first-order valence-corrected chi connectivity index (χ1v) is 6.52. The second kappa shape index (κ2) is 5.73. The van der Waals surface area contributed by atoms with Gasteiger partial charge in [-0.15, -0.1) is 0 Å². The van der Waals surface area contributed by atoms with Crippen molar-refractivity contribution in [1.82, 2.24) is 9.78 Å². The van der Waals surface area contributed by atoms with Crippen molar-refractivity contribution in [2.45, 2.75) is 19.8 Å². The van der Waals surface area contributed by atoms with Crippen LogP contribution in [0.15, 0.2) is 28.9 Å². The van der Waals surface area contributed by atoms with E-state index >= 15 is 0 Å². The molecule has 0 radical (unpaired) electrons. The summed E-state index contributed by atoms with van der Waals surface area (Å²) in [4.78, 5) is 0. The van der Waals surface area contributed by atoms with Crippen LogP contribution in [-0.4, -0.2) is 27.1 Å². The molecule has 1 aromatic carbocycles. The van der Waals surface area contributed by atoms with Gasteiger partial charge in [0, 0.05) is 28.4 Å². The Hall–Kier alpha value is -1.37. The maximum atomic E-state index is 9.81. The second-order valence-corrected chi connectivity index (χ2v) is 5.12. The van der Waals surface area contributed by atoms with Crippen molar-refractivity contribution in [3.8, 4) is 5.75 Å². The summed E-state index contributed by atoms with van der Waals surface area (Å²) in [7, 11) is 1.43. The Bertz CT molecular complexity index is 583. The monoisotopic (exact) mass is 326 g/mol. The molecule has 0 aliphatic carbocycles. The van der Waals surface area contributed by atoms with Crippen molar-refractivity contribution >= 4 is 15.9 Å². The molecule has 2 rings (SSSR count). The van der Waals surface area contributed by atoms with Gasteiger partial charge in [0.25, 0.3) is 0 Å². The molecule has 0 fully saturated rings. The molecule has 0 saturated carbocycles. The average molecular weight is 327 g/mol. The van der Waals surface area contributed by atoms with Crippen LogP contribution in [0.4, 0.5) is 0 Å². The molecule has 1 heterocycles. The number of phenols is 1. The Kier molecular flexibility index (Phi) is 4.24. The molecule has 1 aromatic heterocycles. The molecule has 102 valence electrons. The van der Waals surface area contributed by atoms with E-state index in [1.54, 1.807) is 23.0 Å². The summed E-state index contributed by atoms with van der Waals surface area (Å²) < 4.78 is 7.47. The Balaban J connectivity index is 2.29. The number of aromatic nitrogens is 2. The van der Waals surface area contributed by atoms with Crippen molar-refractivity contribution in [1.29, 1.82) is 0 Å². The number of benzene rings is 1. The second-order valence-electron chi connectivity index (χ2n) is 4.20. The van der Waals surface area contributed by atoms with Gasteiger partial charge in [-0.05, 0) is 25.1 Å². The van der Waals surface area contributed by atoms with Crippen molar-refractivity contribution in [2.24, 2.45) is 0 Å². The van der Waals surface area contributed by atoms with Gasteiger partial charge in [-0.1, -0.05) is 15.9 Å². The van der Waals surface area contributed by atoms with E-state index in [1.165, 1.54) is 7.11 Å². The normalized spacial score (nSPS) is 12.6. The van der Waals surface area contributed by atoms with Crippen molar-refractivity contribution < 1.29 is 14.9 Å². The lowest BCUT2D eigenvalue weighted by atomic mass is 10.2. The molecule has 1 atom stereocenters. The minimum absolute atomic E-state index is 0.215. The fourth-order valence-electron chi connectivity index (χ4n) is 1.83. The molecule has 6 heteroatoms. The first-order chi connectivity index (χ1) is 9.02. The number of aliphatic hydroxyl groups is 1. The molecule has 5 nitrogen and oxygen atoms in total. The Labute approximate surface area is 119 Å². The first-order valence-electron chi connectivity index (χ1n) is 5.73. The third-order valence-electron chi connectivity index (χ3n) is 2.99. The Morgan fingerprint density at radius 3 is 2.89 bits per heavy atom. The minimum atomic E-state index is -0.982. The fourth-order valence-corrected chi connectivity index (χ4v) is 2.24. The van der Waals surface area contributed by atoms with Gasteiger partial charge >= 0.3 is 0 Å². The Morgan fingerprint density at radius 2 is 2.21 bits per heavy atom. The van der Waals surface area contributed by atoms with Crippen LogP contribution in [0.2, 0.25) is 0 Å². The summed E-state index contributed by atoms with van der Waals surface area (Å²) in [6.45, 7) is 2.27. The molecule has 2 N–H and O–H groups in total. The number of halogens is 1. The SMILES string of the molecule is COC(O)c1cnn(Cc2cc(Br)ccc2O)c1C. The summed E-state index contributed by atoms with van der Waals surface area (Å²) in [6, 6.07) is 5.24. The van der Waals surface area contributed by atoms with Crippen LogP contribution in [0.1, 0.15) is 23.1 Å². The van der Waals surface area contributed by atoms with E-state index in [4.69, 9.17) is 4.74 Å². The number of phenolic OH excluding ortho intramolecular Hbond substituents is 1. The van der Waals surface area contributed by atoms with Gasteiger partial charge in [-0.3, -0.25) is 4.68 Å². The topological polar surface area (TPSA) is 67.5 Å². The lowest BCUT2D eigenvalue weighted by Gasteiger charge is -2.10. The maximum Gasteiger partial charge on any atom is 0.184 e. The van der Waals surface area contributed by atoms with Gasteiger partial charge < -0.3 is 14.9 Å². The standard InChI is InChI=1S/C13H15BrN2O3/c1-8-11(13(18)19-2)6-15-16(8)7-9-5-10(14)3-4-12(9)17/h3-6,13,17-18H,7H2,1-2H3. The lowest BCUT2D eigenvalue weighted by molar-refractivity contribution is -0.0773. The van der Waals surface area contributed by atoms with Crippen LogP contribution >= 0.6 is 15.9 Å². The first kappa shape index (κ1) is 14.0. The molecule has 0 bridgehead atoms. The third-order valence-corrected chi connectivity index (χ3v) is 3.49. The van der Waals surface area contributed by atoms with Gasteiger partial charge in [0.15, 0.2) is 6.29 Å². The Morgan fingerprint density at radius 1 is 1.47 bits per heavy atom. The van der Waals surface area contributed by atoms with Crippen molar-refractivity contribution in [3.63, 3.8) is 0 Å². The fraction of sp³-hybridized carbons (Fsp3) is 0.308. The van der Waals surface area contributed by atoms with Gasteiger partial charge in [-0.25, -0.2) is 0 Å². The molecule has 0 amide bonds. The number of aromatic hydroxyl groups is 1. The van der Waals surface area contributed by atoms with E-state index in [2.05, 4.69) is 21.0 Å². The average Bonchev–Trinajstić information content (AvgIpc) is 2.75. The summed E-state index contributed by atoms with van der Waals surface area (Å²) in [5, 5.41) is 23.7. The van der Waals surface area contributed by atoms with Gasteiger partial charge in [-0.2, -0.15) is 5.10 Å². The molecular formula is C13H15BrN2O3. The number of rotatable bonds is 4. The van der Waals surface area contributed by atoms with Crippen LogP contribution in [0.3, 0.4) is 0 Å². The van der Waals surface area contributed by atoms with Crippen LogP contribution in [-0.2, 0) is 11.3 Å². The summed E-state index contributed by atoms with van der Waals surface area (Å²) in [6.07, 6.45) is 0.586. The highest BCUT2D eigenvalue weighted by Gasteiger charge is 2.15. The molecule has 0 spiro atoms. The number of ether oxygens (including phenoxy) is 1. The number of aliphatic hydroxyl groups excluding tert-OH is 1. The van der Waals surface area contributed by atoms with E-state index in [0.717, 1.165) is 15.7 Å². The van der Waals surface area contributed by atoms with Gasteiger partial charge in [0.05, 0.1) is 12.7 Å². The third kappa shape index (κ3) is 2.97. The summed E-state index contributed by atoms with van der Waals surface area (Å²) in [5.74, 6) is 0.215. The van der Waals surface area contributed by atoms with Crippen molar-refractivity contribution in [2.75, 3.05) is 7.11 Å². The van der Waals surface area contributed by atoms with Crippen molar-refractivity contribution in [3.05, 3.63) is 45.7 Å². The molecule has 0 aliphatic rings. The molecule has 0 saturated heterocycles.